The van der Waals surface area contributed by atoms with Gasteiger partial charge in [0.2, 0.25) is 5.91 Å². The lowest BCUT2D eigenvalue weighted by Crippen LogP contribution is -2.27. The van der Waals surface area contributed by atoms with Gasteiger partial charge in [-0.3, -0.25) is 4.79 Å². The van der Waals surface area contributed by atoms with E-state index in [-0.39, 0.29) is 17.4 Å². The number of nitrogens with two attached hydrogens (primary N) is 1. The van der Waals surface area contributed by atoms with Crippen LogP contribution in [-0.2, 0) is 10.2 Å². The molecular formula is C18H20N2O. The van der Waals surface area contributed by atoms with E-state index >= 15 is 0 Å². The van der Waals surface area contributed by atoms with E-state index in [1.807, 2.05) is 61.5 Å². The third-order valence-corrected chi connectivity index (χ3v) is 4.21. The molecule has 0 spiro atoms. The van der Waals surface area contributed by atoms with Crippen LogP contribution in [0.1, 0.15) is 36.9 Å². The molecule has 1 unspecified atom stereocenters. The van der Waals surface area contributed by atoms with Gasteiger partial charge in [-0.05, 0) is 43.0 Å². The summed E-state index contributed by atoms with van der Waals surface area (Å²) in [5.41, 5.74) is 8.50. The van der Waals surface area contributed by atoms with Crippen molar-refractivity contribution in [2.45, 2.75) is 31.2 Å². The maximum Gasteiger partial charge on any atom is 0.235 e. The van der Waals surface area contributed by atoms with Crippen LogP contribution in [0.25, 0.3) is 0 Å². The minimum atomic E-state index is -0.332. The Morgan fingerprint density at radius 1 is 1.10 bits per heavy atom. The molecule has 3 heteroatoms. The molecule has 1 aliphatic rings. The van der Waals surface area contributed by atoms with Crippen LogP contribution in [0.3, 0.4) is 0 Å². The molecule has 3 nitrogen and oxygen atoms in total. The quantitative estimate of drug-likeness (QED) is 0.902. The van der Waals surface area contributed by atoms with Gasteiger partial charge in [-0.25, -0.2) is 0 Å². The number of hydrogen-bond donors (Lipinski definition) is 2. The second-order valence-corrected chi connectivity index (χ2v) is 5.81. The Balaban J connectivity index is 1.75. The van der Waals surface area contributed by atoms with Crippen LogP contribution in [0.4, 0.5) is 5.69 Å². The van der Waals surface area contributed by atoms with Gasteiger partial charge >= 0.3 is 0 Å². The van der Waals surface area contributed by atoms with Gasteiger partial charge in [0.1, 0.15) is 0 Å². The molecular weight excluding hydrogens is 260 g/mol. The zero-order valence-electron chi connectivity index (χ0n) is 12.2. The molecule has 108 valence electrons. The van der Waals surface area contributed by atoms with E-state index < -0.39 is 0 Å². The molecule has 1 saturated carbocycles. The van der Waals surface area contributed by atoms with E-state index in [0.29, 0.717) is 0 Å². The zero-order chi connectivity index (χ0) is 14.9. The summed E-state index contributed by atoms with van der Waals surface area (Å²) in [4.78, 5) is 12.6. The lowest BCUT2D eigenvalue weighted by atomic mass is 9.95. The Morgan fingerprint density at radius 2 is 1.71 bits per heavy atom. The average Bonchev–Trinajstić information content (AvgIpc) is 3.30. The fraction of sp³-hybridized carbons (Fsp3) is 0.278. The first-order valence-electron chi connectivity index (χ1n) is 7.34. The van der Waals surface area contributed by atoms with Crippen molar-refractivity contribution in [3.8, 4) is 0 Å². The Bertz CT molecular complexity index is 628. The van der Waals surface area contributed by atoms with E-state index in [2.05, 4.69) is 5.32 Å². The Kier molecular flexibility index (Phi) is 3.52. The maximum atomic E-state index is 12.6. The molecule has 1 fully saturated rings. The van der Waals surface area contributed by atoms with Gasteiger partial charge < -0.3 is 11.1 Å². The van der Waals surface area contributed by atoms with Gasteiger partial charge in [-0.15, -0.1) is 0 Å². The first-order valence-corrected chi connectivity index (χ1v) is 7.34. The van der Waals surface area contributed by atoms with Crippen molar-refractivity contribution in [2.75, 3.05) is 5.32 Å². The highest BCUT2D eigenvalue weighted by Crippen LogP contribution is 2.48. The van der Waals surface area contributed by atoms with Gasteiger partial charge in [0.15, 0.2) is 0 Å². The van der Waals surface area contributed by atoms with Crippen LogP contribution < -0.4 is 11.1 Å². The fourth-order valence-corrected chi connectivity index (χ4v) is 2.65. The number of rotatable bonds is 4. The minimum Gasteiger partial charge on any atom is -0.325 e. The van der Waals surface area contributed by atoms with Crippen LogP contribution in [-0.4, -0.2) is 5.91 Å². The lowest BCUT2D eigenvalue weighted by Gasteiger charge is -2.16. The van der Waals surface area contributed by atoms with Crippen molar-refractivity contribution in [3.63, 3.8) is 0 Å². The second kappa shape index (κ2) is 5.34. The normalized spacial score (nSPS) is 17.0. The van der Waals surface area contributed by atoms with Crippen LogP contribution in [0.5, 0.6) is 0 Å². The summed E-state index contributed by atoms with van der Waals surface area (Å²) in [6.45, 7) is 1.95. The molecule has 1 atom stereocenters. The number of amides is 1. The number of benzene rings is 2. The molecule has 0 bridgehead atoms. The first-order chi connectivity index (χ1) is 10.1. The predicted octanol–water partition coefficient (Wildman–Crippen LogP) is 3.38. The lowest BCUT2D eigenvalue weighted by molar-refractivity contribution is -0.118. The topological polar surface area (TPSA) is 55.1 Å². The van der Waals surface area contributed by atoms with Crippen LogP contribution >= 0.6 is 0 Å². The van der Waals surface area contributed by atoms with Crippen molar-refractivity contribution in [3.05, 3.63) is 65.7 Å². The highest BCUT2D eigenvalue weighted by molar-refractivity contribution is 6.01. The summed E-state index contributed by atoms with van der Waals surface area (Å²) < 4.78 is 0. The molecule has 0 saturated heterocycles. The van der Waals surface area contributed by atoms with Crippen molar-refractivity contribution in [2.24, 2.45) is 5.73 Å². The largest absolute Gasteiger partial charge is 0.325 e. The molecule has 2 aromatic rings. The fourth-order valence-electron chi connectivity index (χ4n) is 2.65. The SMILES string of the molecule is CC(N)c1ccc(NC(=O)C2(c3ccccc3)CC2)cc1. The van der Waals surface area contributed by atoms with Gasteiger partial charge in [-0.1, -0.05) is 42.5 Å². The summed E-state index contributed by atoms with van der Waals surface area (Å²) in [7, 11) is 0. The summed E-state index contributed by atoms with van der Waals surface area (Å²) in [5.74, 6) is 0.0854. The third-order valence-electron chi connectivity index (χ3n) is 4.21. The number of hydrogen-bond acceptors (Lipinski definition) is 2. The van der Waals surface area contributed by atoms with Crippen molar-refractivity contribution >= 4 is 11.6 Å². The summed E-state index contributed by atoms with van der Waals surface area (Å²) in [6, 6.07) is 17.8. The number of nitrogens with one attached hydrogen (secondary N) is 1. The molecule has 0 heterocycles. The zero-order valence-corrected chi connectivity index (χ0v) is 12.2. The van der Waals surface area contributed by atoms with Crippen LogP contribution in [0, 0.1) is 0 Å². The average molecular weight is 280 g/mol. The van der Waals surface area contributed by atoms with E-state index in [9.17, 15) is 4.79 Å². The smallest absolute Gasteiger partial charge is 0.235 e. The van der Waals surface area contributed by atoms with E-state index in [0.717, 1.165) is 29.7 Å². The van der Waals surface area contributed by atoms with Crippen molar-refractivity contribution in [1.82, 2.24) is 0 Å². The van der Waals surface area contributed by atoms with Crippen molar-refractivity contribution in [1.29, 1.82) is 0 Å². The molecule has 1 aliphatic carbocycles. The molecule has 2 aromatic carbocycles. The summed E-state index contributed by atoms with van der Waals surface area (Å²) in [6.07, 6.45) is 1.83. The molecule has 3 N–H and O–H groups in total. The number of carbonyl (C=O) groups is 1. The molecule has 0 radical (unpaired) electrons. The minimum absolute atomic E-state index is 0.00819. The highest BCUT2D eigenvalue weighted by atomic mass is 16.2. The molecule has 21 heavy (non-hydrogen) atoms. The standard InChI is InChI=1S/C18H20N2O/c1-13(19)14-7-9-16(10-8-14)20-17(21)18(11-12-18)15-5-3-2-4-6-15/h2-10,13H,11-12,19H2,1H3,(H,20,21). The van der Waals surface area contributed by atoms with Gasteiger partial charge in [-0.2, -0.15) is 0 Å². The molecule has 3 rings (SSSR count). The summed E-state index contributed by atoms with van der Waals surface area (Å²) in [5, 5.41) is 3.03. The van der Waals surface area contributed by atoms with Crippen molar-refractivity contribution < 1.29 is 4.79 Å². The third kappa shape index (κ3) is 2.69. The van der Waals surface area contributed by atoms with Gasteiger partial charge in [0.05, 0.1) is 5.41 Å². The first kappa shape index (κ1) is 13.8. The van der Waals surface area contributed by atoms with Crippen LogP contribution in [0.15, 0.2) is 54.6 Å². The van der Waals surface area contributed by atoms with Crippen LogP contribution in [0.2, 0.25) is 0 Å². The predicted molar refractivity (Wildman–Crippen MR) is 85.0 cm³/mol. The van der Waals surface area contributed by atoms with E-state index in [4.69, 9.17) is 5.73 Å². The highest BCUT2D eigenvalue weighted by Gasteiger charge is 2.51. The summed E-state index contributed by atoms with van der Waals surface area (Å²) >= 11 is 0. The van der Waals surface area contributed by atoms with E-state index in [1.165, 1.54) is 0 Å². The molecule has 0 aliphatic heterocycles. The molecule has 0 aromatic heterocycles. The Hall–Kier alpha value is -2.13. The monoisotopic (exact) mass is 280 g/mol. The number of carbonyl (C=O) groups excluding carboxylic acids is 1. The second-order valence-electron chi connectivity index (χ2n) is 5.81. The Labute approximate surface area is 125 Å². The van der Waals surface area contributed by atoms with E-state index in [1.54, 1.807) is 0 Å². The Morgan fingerprint density at radius 3 is 2.24 bits per heavy atom. The molecule has 1 amide bonds. The van der Waals surface area contributed by atoms with Gasteiger partial charge in [0, 0.05) is 11.7 Å². The van der Waals surface area contributed by atoms with Gasteiger partial charge in [0.25, 0.3) is 0 Å². The maximum absolute atomic E-state index is 12.6. The number of anilines is 1.